The standard InChI is InChI=1S/C14H19N3O3.ClH/c15-12-6-3-5-10(12)8-14(18)16-9-11-4-1-2-7-13(11)17(19)20;/h1-2,4,7,10,12H,3,5-6,8-9,15H2,(H,16,18);1H/t10-,12+;/m0./s1. The third-order valence-electron chi connectivity index (χ3n) is 3.83. The quantitative estimate of drug-likeness (QED) is 0.642. The van der Waals surface area contributed by atoms with Crippen molar-refractivity contribution in [3.05, 3.63) is 39.9 Å². The highest BCUT2D eigenvalue weighted by Gasteiger charge is 2.26. The molecule has 7 heteroatoms. The van der Waals surface area contributed by atoms with Crippen LogP contribution in [0.4, 0.5) is 5.69 Å². The maximum atomic E-state index is 11.9. The Hall–Kier alpha value is -1.66. The molecule has 6 nitrogen and oxygen atoms in total. The second kappa shape index (κ2) is 7.95. The number of hydrogen-bond donors (Lipinski definition) is 2. The first kappa shape index (κ1) is 17.4. The summed E-state index contributed by atoms with van der Waals surface area (Å²) >= 11 is 0. The molecule has 1 aromatic rings. The summed E-state index contributed by atoms with van der Waals surface area (Å²) in [4.78, 5) is 22.3. The molecule has 2 rings (SSSR count). The van der Waals surface area contributed by atoms with Gasteiger partial charge in [0.15, 0.2) is 0 Å². The van der Waals surface area contributed by atoms with Crippen LogP contribution in [0.15, 0.2) is 24.3 Å². The van der Waals surface area contributed by atoms with Crippen LogP contribution in [-0.2, 0) is 11.3 Å². The summed E-state index contributed by atoms with van der Waals surface area (Å²) in [5, 5.41) is 13.6. The van der Waals surface area contributed by atoms with E-state index in [-0.39, 0.29) is 42.5 Å². The molecule has 2 atom stereocenters. The Labute approximate surface area is 129 Å². The molecule has 0 heterocycles. The first-order chi connectivity index (χ1) is 9.58. The zero-order chi connectivity index (χ0) is 14.5. The highest BCUT2D eigenvalue weighted by Crippen LogP contribution is 2.26. The molecular formula is C14H20ClN3O3. The first-order valence-electron chi connectivity index (χ1n) is 6.82. The number of nitrogens with zero attached hydrogens (tertiary/aromatic N) is 1. The number of carbonyl (C=O) groups excluding carboxylic acids is 1. The largest absolute Gasteiger partial charge is 0.352 e. The van der Waals surface area contributed by atoms with Crippen molar-refractivity contribution in [2.75, 3.05) is 0 Å². The van der Waals surface area contributed by atoms with E-state index >= 15 is 0 Å². The number of rotatable bonds is 5. The number of benzene rings is 1. The molecule has 0 aromatic heterocycles. The van der Waals surface area contributed by atoms with Gasteiger partial charge in [0.25, 0.3) is 5.69 Å². The number of nitro benzene ring substituents is 1. The van der Waals surface area contributed by atoms with Crippen molar-refractivity contribution in [2.24, 2.45) is 11.7 Å². The van der Waals surface area contributed by atoms with Gasteiger partial charge in [-0.15, -0.1) is 12.4 Å². The van der Waals surface area contributed by atoms with Crippen molar-refractivity contribution in [1.82, 2.24) is 5.32 Å². The second-order valence-electron chi connectivity index (χ2n) is 5.22. The molecule has 0 unspecified atom stereocenters. The Balaban J connectivity index is 0.00000220. The molecular weight excluding hydrogens is 294 g/mol. The predicted octanol–water partition coefficient (Wildman–Crippen LogP) is 2.15. The Kier molecular flexibility index (Phi) is 6.58. The molecule has 0 radical (unpaired) electrons. The zero-order valence-corrected chi connectivity index (χ0v) is 12.5. The van der Waals surface area contributed by atoms with Gasteiger partial charge in [-0.2, -0.15) is 0 Å². The molecule has 1 fully saturated rings. The monoisotopic (exact) mass is 313 g/mol. The van der Waals surface area contributed by atoms with E-state index in [9.17, 15) is 14.9 Å². The third-order valence-corrected chi connectivity index (χ3v) is 3.83. The lowest BCUT2D eigenvalue weighted by Gasteiger charge is -2.14. The lowest BCUT2D eigenvalue weighted by molar-refractivity contribution is -0.385. The van der Waals surface area contributed by atoms with Crippen LogP contribution < -0.4 is 11.1 Å². The average molecular weight is 314 g/mol. The maximum absolute atomic E-state index is 11.9. The van der Waals surface area contributed by atoms with Crippen LogP contribution in [0.3, 0.4) is 0 Å². The van der Waals surface area contributed by atoms with Gasteiger partial charge in [0.1, 0.15) is 0 Å². The highest BCUT2D eigenvalue weighted by molar-refractivity contribution is 5.85. The van der Waals surface area contributed by atoms with E-state index in [1.807, 2.05) is 0 Å². The third kappa shape index (κ3) is 4.68. The predicted molar refractivity (Wildman–Crippen MR) is 82.1 cm³/mol. The van der Waals surface area contributed by atoms with E-state index in [0.29, 0.717) is 12.0 Å². The van der Waals surface area contributed by atoms with Gasteiger partial charge < -0.3 is 11.1 Å². The van der Waals surface area contributed by atoms with Crippen molar-refractivity contribution in [2.45, 2.75) is 38.3 Å². The summed E-state index contributed by atoms with van der Waals surface area (Å²) in [6.45, 7) is 0.179. The smallest absolute Gasteiger partial charge is 0.274 e. The summed E-state index contributed by atoms with van der Waals surface area (Å²) in [5.74, 6) is 0.145. The van der Waals surface area contributed by atoms with Crippen LogP contribution in [0.1, 0.15) is 31.2 Å². The van der Waals surface area contributed by atoms with Crippen LogP contribution in [0.25, 0.3) is 0 Å². The topological polar surface area (TPSA) is 98.3 Å². The van der Waals surface area contributed by atoms with Gasteiger partial charge in [-0.3, -0.25) is 14.9 Å². The Morgan fingerprint density at radius 1 is 1.38 bits per heavy atom. The number of nitro groups is 1. The van der Waals surface area contributed by atoms with E-state index in [0.717, 1.165) is 19.3 Å². The van der Waals surface area contributed by atoms with E-state index in [2.05, 4.69) is 5.32 Å². The molecule has 1 aromatic carbocycles. The summed E-state index contributed by atoms with van der Waals surface area (Å²) in [7, 11) is 0. The number of halogens is 1. The van der Waals surface area contributed by atoms with Crippen LogP contribution in [0.5, 0.6) is 0 Å². The Morgan fingerprint density at radius 3 is 2.71 bits per heavy atom. The summed E-state index contributed by atoms with van der Waals surface area (Å²) in [5.41, 5.74) is 6.48. The van der Waals surface area contributed by atoms with Gasteiger partial charge in [-0.05, 0) is 18.8 Å². The molecule has 0 saturated heterocycles. The maximum Gasteiger partial charge on any atom is 0.274 e. The average Bonchev–Trinajstić information content (AvgIpc) is 2.82. The van der Waals surface area contributed by atoms with Crippen LogP contribution in [0, 0.1) is 16.0 Å². The van der Waals surface area contributed by atoms with Crippen molar-refractivity contribution < 1.29 is 9.72 Å². The summed E-state index contributed by atoms with van der Waals surface area (Å²) < 4.78 is 0. The minimum absolute atomic E-state index is 0. The minimum Gasteiger partial charge on any atom is -0.352 e. The first-order valence-corrected chi connectivity index (χ1v) is 6.82. The van der Waals surface area contributed by atoms with Gasteiger partial charge in [0.2, 0.25) is 5.91 Å². The van der Waals surface area contributed by atoms with Gasteiger partial charge in [0, 0.05) is 30.6 Å². The van der Waals surface area contributed by atoms with Crippen molar-refractivity contribution in [3.63, 3.8) is 0 Å². The lowest BCUT2D eigenvalue weighted by Crippen LogP contribution is -2.31. The molecule has 116 valence electrons. The number of nitrogens with two attached hydrogens (primary N) is 1. The van der Waals surface area contributed by atoms with E-state index in [1.54, 1.807) is 18.2 Å². The molecule has 21 heavy (non-hydrogen) atoms. The second-order valence-corrected chi connectivity index (χ2v) is 5.22. The molecule has 0 aliphatic heterocycles. The highest BCUT2D eigenvalue weighted by atomic mass is 35.5. The number of amides is 1. The van der Waals surface area contributed by atoms with Crippen LogP contribution >= 0.6 is 12.4 Å². The lowest BCUT2D eigenvalue weighted by atomic mass is 10.00. The van der Waals surface area contributed by atoms with E-state index < -0.39 is 4.92 Å². The van der Waals surface area contributed by atoms with Crippen molar-refractivity contribution in [1.29, 1.82) is 0 Å². The molecule has 0 spiro atoms. The molecule has 0 bridgehead atoms. The number of hydrogen-bond acceptors (Lipinski definition) is 4. The van der Waals surface area contributed by atoms with E-state index in [4.69, 9.17) is 5.73 Å². The molecule has 1 saturated carbocycles. The number of para-hydroxylation sites is 1. The fourth-order valence-electron chi connectivity index (χ4n) is 2.66. The molecule has 1 amide bonds. The number of carbonyl (C=O) groups is 1. The molecule has 1 aliphatic carbocycles. The molecule has 3 N–H and O–H groups in total. The Bertz CT molecular complexity index is 510. The molecule has 1 aliphatic rings. The summed E-state index contributed by atoms with van der Waals surface area (Å²) in [6, 6.07) is 6.53. The van der Waals surface area contributed by atoms with Crippen molar-refractivity contribution in [3.8, 4) is 0 Å². The van der Waals surface area contributed by atoms with Gasteiger partial charge >= 0.3 is 0 Å². The van der Waals surface area contributed by atoms with Gasteiger partial charge in [0.05, 0.1) is 4.92 Å². The fourth-order valence-corrected chi connectivity index (χ4v) is 2.66. The summed E-state index contributed by atoms with van der Waals surface area (Å²) in [6.07, 6.45) is 3.44. The van der Waals surface area contributed by atoms with Crippen molar-refractivity contribution >= 4 is 24.0 Å². The Morgan fingerprint density at radius 2 is 2.10 bits per heavy atom. The fraction of sp³-hybridized carbons (Fsp3) is 0.500. The van der Waals surface area contributed by atoms with Crippen LogP contribution in [0.2, 0.25) is 0 Å². The SMILES string of the molecule is Cl.N[C@@H]1CCC[C@H]1CC(=O)NCc1ccccc1[N+](=O)[O-]. The normalized spacial score (nSPS) is 20.6. The van der Waals surface area contributed by atoms with Gasteiger partial charge in [-0.1, -0.05) is 24.6 Å². The minimum atomic E-state index is -0.436. The van der Waals surface area contributed by atoms with Crippen LogP contribution in [-0.4, -0.2) is 16.9 Å². The number of nitrogens with one attached hydrogen (secondary N) is 1. The zero-order valence-electron chi connectivity index (χ0n) is 11.7. The van der Waals surface area contributed by atoms with E-state index in [1.165, 1.54) is 6.07 Å². The van der Waals surface area contributed by atoms with Gasteiger partial charge in [-0.25, -0.2) is 0 Å².